The fraction of sp³-hybridized carbons (Fsp3) is 1.00. The molecule has 0 amide bonds. The summed E-state index contributed by atoms with van der Waals surface area (Å²) in [4.78, 5) is 0. The van der Waals surface area contributed by atoms with E-state index in [0.717, 1.165) is 38.8 Å². The van der Waals surface area contributed by atoms with Crippen molar-refractivity contribution in [1.82, 2.24) is 5.32 Å². The van der Waals surface area contributed by atoms with Gasteiger partial charge in [0.05, 0.1) is 0 Å². The Morgan fingerprint density at radius 3 is 2.75 bits per heavy atom. The first-order valence-electron chi connectivity index (χ1n) is 4.73. The van der Waals surface area contributed by atoms with Crippen LogP contribution in [0.15, 0.2) is 0 Å². The van der Waals surface area contributed by atoms with Crippen LogP contribution in [0.25, 0.3) is 0 Å². The maximum atomic E-state index is 12.6. The lowest BCUT2D eigenvalue weighted by Crippen LogP contribution is -2.32. The summed E-state index contributed by atoms with van der Waals surface area (Å²) in [6.45, 7) is 1.76. The topological polar surface area (TPSA) is 12.0 Å². The van der Waals surface area contributed by atoms with E-state index in [-0.39, 0.29) is 11.3 Å². The van der Waals surface area contributed by atoms with Gasteiger partial charge in [0, 0.05) is 12.5 Å². The predicted octanol–water partition coefficient (Wildman–Crippen LogP) is 2.03. The molecule has 0 radical (unpaired) electrons. The Balaban J connectivity index is 2.12. The fourth-order valence-electron chi connectivity index (χ4n) is 2.85. The second-order valence-corrected chi connectivity index (χ2v) is 4.12. The van der Waals surface area contributed by atoms with Crippen molar-refractivity contribution in [3.8, 4) is 0 Å². The zero-order valence-corrected chi connectivity index (χ0v) is 7.15. The summed E-state index contributed by atoms with van der Waals surface area (Å²) in [6, 6.07) is 0. The minimum absolute atomic E-state index is 0.0336. The highest BCUT2D eigenvalue weighted by Crippen LogP contribution is 2.49. The van der Waals surface area contributed by atoms with Gasteiger partial charge < -0.3 is 5.32 Å². The van der Waals surface area contributed by atoms with Gasteiger partial charge in [-0.25, -0.2) is 8.78 Å². The summed E-state index contributed by atoms with van der Waals surface area (Å²) in [6.07, 6.45) is 1.60. The van der Waals surface area contributed by atoms with Crippen LogP contribution >= 0.6 is 0 Å². The molecule has 12 heavy (non-hydrogen) atoms. The number of rotatable bonds is 1. The summed E-state index contributed by atoms with van der Waals surface area (Å²) in [5.74, 6) is -0.326. The predicted molar refractivity (Wildman–Crippen MR) is 43.3 cm³/mol. The Morgan fingerprint density at radius 1 is 1.33 bits per heavy atom. The molecule has 1 heterocycles. The fourth-order valence-corrected chi connectivity index (χ4v) is 2.85. The van der Waals surface area contributed by atoms with Crippen molar-refractivity contribution in [2.45, 2.75) is 32.1 Å². The van der Waals surface area contributed by atoms with Crippen molar-refractivity contribution in [3.05, 3.63) is 0 Å². The van der Waals surface area contributed by atoms with E-state index in [4.69, 9.17) is 0 Å². The van der Waals surface area contributed by atoms with Gasteiger partial charge in [0.2, 0.25) is 6.43 Å². The molecule has 2 aliphatic rings. The van der Waals surface area contributed by atoms with Crippen LogP contribution in [0.1, 0.15) is 25.7 Å². The van der Waals surface area contributed by atoms with Crippen LogP contribution in [-0.2, 0) is 0 Å². The summed E-state index contributed by atoms with van der Waals surface area (Å²) < 4.78 is 25.2. The molecule has 1 saturated carbocycles. The Morgan fingerprint density at radius 2 is 2.17 bits per heavy atom. The van der Waals surface area contributed by atoms with Crippen molar-refractivity contribution in [2.24, 2.45) is 11.3 Å². The molecule has 0 bridgehead atoms. The smallest absolute Gasteiger partial charge is 0.242 e. The van der Waals surface area contributed by atoms with E-state index in [1.165, 1.54) is 0 Å². The van der Waals surface area contributed by atoms with E-state index < -0.39 is 6.43 Å². The number of nitrogens with one attached hydrogen (secondary N) is 1. The van der Waals surface area contributed by atoms with Crippen LogP contribution in [0, 0.1) is 11.3 Å². The maximum Gasteiger partial charge on any atom is 0.242 e. The number of halogens is 2. The van der Waals surface area contributed by atoms with E-state index in [9.17, 15) is 8.78 Å². The van der Waals surface area contributed by atoms with E-state index >= 15 is 0 Å². The third kappa shape index (κ3) is 1.15. The van der Waals surface area contributed by atoms with E-state index in [1.807, 2.05) is 0 Å². The third-order valence-electron chi connectivity index (χ3n) is 3.56. The lowest BCUT2D eigenvalue weighted by Gasteiger charge is -2.29. The molecule has 1 nitrogen and oxygen atoms in total. The number of hydrogen-bond donors (Lipinski definition) is 1. The molecule has 1 aliphatic carbocycles. The molecule has 0 aromatic carbocycles. The van der Waals surface area contributed by atoms with Crippen LogP contribution in [0.2, 0.25) is 0 Å². The standard InChI is InChI=1S/C9H15F2N/c10-8(11)7-2-1-3-9(7)4-5-12-6-9/h7-8,12H,1-6H2. The van der Waals surface area contributed by atoms with Crippen LogP contribution in [0.3, 0.4) is 0 Å². The summed E-state index contributed by atoms with van der Waals surface area (Å²) in [5.41, 5.74) is -0.0336. The normalized spacial score (nSPS) is 41.8. The van der Waals surface area contributed by atoms with Gasteiger partial charge in [-0.05, 0) is 31.2 Å². The largest absolute Gasteiger partial charge is 0.316 e. The molecule has 1 saturated heterocycles. The number of alkyl halides is 2. The van der Waals surface area contributed by atoms with Gasteiger partial charge in [-0.2, -0.15) is 0 Å². The first-order valence-corrected chi connectivity index (χ1v) is 4.73. The minimum Gasteiger partial charge on any atom is -0.316 e. The van der Waals surface area contributed by atoms with Gasteiger partial charge in [-0.1, -0.05) is 6.42 Å². The Bertz CT molecular complexity index is 158. The van der Waals surface area contributed by atoms with Gasteiger partial charge >= 0.3 is 0 Å². The van der Waals surface area contributed by atoms with Crippen molar-refractivity contribution < 1.29 is 8.78 Å². The molecule has 1 aliphatic heterocycles. The van der Waals surface area contributed by atoms with Crippen molar-refractivity contribution in [1.29, 1.82) is 0 Å². The van der Waals surface area contributed by atoms with Crippen molar-refractivity contribution in [2.75, 3.05) is 13.1 Å². The Hall–Kier alpha value is -0.180. The van der Waals surface area contributed by atoms with Gasteiger partial charge in [0.25, 0.3) is 0 Å². The molecule has 2 rings (SSSR count). The molecule has 70 valence electrons. The zero-order chi connectivity index (χ0) is 8.60. The van der Waals surface area contributed by atoms with Crippen molar-refractivity contribution in [3.63, 3.8) is 0 Å². The van der Waals surface area contributed by atoms with Crippen LogP contribution < -0.4 is 5.32 Å². The van der Waals surface area contributed by atoms with Crippen LogP contribution in [-0.4, -0.2) is 19.5 Å². The van der Waals surface area contributed by atoms with E-state index in [1.54, 1.807) is 0 Å². The lowest BCUT2D eigenvalue weighted by atomic mass is 9.77. The van der Waals surface area contributed by atoms with Gasteiger partial charge in [0.15, 0.2) is 0 Å². The Labute approximate surface area is 71.5 Å². The van der Waals surface area contributed by atoms with Gasteiger partial charge in [-0.15, -0.1) is 0 Å². The molecule has 0 aromatic rings. The van der Waals surface area contributed by atoms with Crippen LogP contribution in [0.5, 0.6) is 0 Å². The first kappa shape index (κ1) is 8.42. The maximum absolute atomic E-state index is 12.6. The molecule has 2 fully saturated rings. The molecule has 1 spiro atoms. The van der Waals surface area contributed by atoms with Gasteiger partial charge in [0.1, 0.15) is 0 Å². The monoisotopic (exact) mass is 175 g/mol. The summed E-state index contributed by atoms with van der Waals surface area (Å²) in [7, 11) is 0. The average Bonchev–Trinajstić information content (AvgIpc) is 2.61. The quantitative estimate of drug-likeness (QED) is 0.643. The lowest BCUT2D eigenvalue weighted by molar-refractivity contribution is 0.0195. The molecular weight excluding hydrogens is 160 g/mol. The third-order valence-corrected chi connectivity index (χ3v) is 3.56. The molecule has 1 N–H and O–H groups in total. The molecule has 3 heteroatoms. The second kappa shape index (κ2) is 2.95. The highest BCUT2D eigenvalue weighted by atomic mass is 19.3. The van der Waals surface area contributed by atoms with Crippen molar-refractivity contribution >= 4 is 0 Å². The average molecular weight is 175 g/mol. The van der Waals surface area contributed by atoms with E-state index in [0.29, 0.717) is 0 Å². The highest BCUT2D eigenvalue weighted by Gasteiger charge is 2.48. The zero-order valence-electron chi connectivity index (χ0n) is 7.15. The summed E-state index contributed by atoms with van der Waals surface area (Å²) in [5, 5.41) is 3.21. The van der Waals surface area contributed by atoms with E-state index in [2.05, 4.69) is 5.32 Å². The SMILES string of the molecule is FC(F)C1CCCC12CCNC2. The van der Waals surface area contributed by atoms with Crippen LogP contribution in [0.4, 0.5) is 8.78 Å². The molecular formula is C9H15F2N. The summed E-state index contributed by atoms with van der Waals surface area (Å²) >= 11 is 0. The molecule has 2 atom stereocenters. The highest BCUT2D eigenvalue weighted by molar-refractivity contribution is 4.98. The second-order valence-electron chi connectivity index (χ2n) is 4.12. The molecule has 0 aromatic heterocycles. The minimum atomic E-state index is -2.10. The number of hydrogen-bond acceptors (Lipinski definition) is 1. The molecule has 2 unspecified atom stereocenters. The Kier molecular flexibility index (Phi) is 2.07. The first-order chi connectivity index (χ1) is 5.75. The van der Waals surface area contributed by atoms with Gasteiger partial charge in [-0.3, -0.25) is 0 Å².